The molecule has 0 aliphatic heterocycles. The molecule has 0 saturated heterocycles. The zero-order valence-electron chi connectivity index (χ0n) is 23.6. The third-order valence-corrected chi connectivity index (χ3v) is 6.54. The maximum Gasteiger partial charge on any atom is 0.346 e. The van der Waals surface area contributed by atoms with Crippen LogP contribution in [0.3, 0.4) is 0 Å². The first-order valence-corrected chi connectivity index (χ1v) is 14.3. The summed E-state index contributed by atoms with van der Waals surface area (Å²) in [5.74, 6) is 0.434. The van der Waals surface area contributed by atoms with E-state index in [1.807, 2.05) is 72.8 Å². The van der Waals surface area contributed by atoms with Gasteiger partial charge < -0.3 is 19.5 Å². The lowest BCUT2D eigenvalue weighted by Gasteiger charge is -2.26. The van der Waals surface area contributed by atoms with Gasteiger partial charge in [-0.1, -0.05) is 64.5 Å². The lowest BCUT2D eigenvalue weighted by molar-refractivity contribution is -0.132. The SMILES string of the molecule is CCCCCCOc1ccc(N(c2ccc(/C=C(\C#N)C(=O)O)cc2)c2ccc(OCCCCCC)cc2)cc1. The second-order valence-electron chi connectivity index (χ2n) is 9.71. The van der Waals surface area contributed by atoms with Crippen LogP contribution in [0.4, 0.5) is 17.1 Å². The highest BCUT2D eigenvalue weighted by atomic mass is 16.5. The average molecular weight is 541 g/mol. The molecule has 0 bridgehead atoms. The lowest BCUT2D eigenvalue weighted by Crippen LogP contribution is -2.10. The molecule has 0 aliphatic rings. The van der Waals surface area contributed by atoms with Crippen LogP contribution in [0.5, 0.6) is 11.5 Å². The molecule has 0 fully saturated rings. The van der Waals surface area contributed by atoms with Gasteiger partial charge >= 0.3 is 5.97 Å². The van der Waals surface area contributed by atoms with Crippen molar-refractivity contribution >= 4 is 29.1 Å². The van der Waals surface area contributed by atoms with E-state index >= 15 is 0 Å². The first-order valence-electron chi connectivity index (χ1n) is 14.3. The molecule has 3 rings (SSSR count). The summed E-state index contributed by atoms with van der Waals surface area (Å²) in [5, 5.41) is 18.3. The molecule has 0 atom stereocenters. The van der Waals surface area contributed by atoms with E-state index in [2.05, 4.69) is 18.7 Å². The summed E-state index contributed by atoms with van der Waals surface area (Å²) in [5.41, 5.74) is 3.14. The number of hydrogen-bond acceptors (Lipinski definition) is 5. The molecule has 3 aromatic rings. The highest BCUT2D eigenvalue weighted by Crippen LogP contribution is 2.36. The summed E-state index contributed by atoms with van der Waals surface area (Å²) >= 11 is 0. The van der Waals surface area contributed by atoms with Crippen LogP contribution in [0, 0.1) is 11.3 Å². The Bertz CT molecular complexity index is 1190. The van der Waals surface area contributed by atoms with Crippen LogP contribution in [-0.4, -0.2) is 24.3 Å². The second kappa shape index (κ2) is 16.7. The van der Waals surface area contributed by atoms with E-state index in [-0.39, 0.29) is 5.57 Å². The maximum atomic E-state index is 11.2. The van der Waals surface area contributed by atoms with Crippen LogP contribution in [0.25, 0.3) is 6.08 Å². The smallest absolute Gasteiger partial charge is 0.346 e. The predicted molar refractivity (Wildman–Crippen MR) is 162 cm³/mol. The molecule has 0 heterocycles. The Morgan fingerprint density at radius 1 is 0.725 bits per heavy atom. The molecule has 40 heavy (non-hydrogen) atoms. The average Bonchev–Trinajstić information content (AvgIpc) is 2.98. The highest BCUT2D eigenvalue weighted by molar-refractivity contribution is 5.96. The number of carbonyl (C=O) groups is 1. The zero-order chi connectivity index (χ0) is 28.6. The van der Waals surface area contributed by atoms with E-state index in [9.17, 15) is 9.90 Å². The van der Waals surface area contributed by atoms with Gasteiger partial charge in [0.2, 0.25) is 0 Å². The van der Waals surface area contributed by atoms with E-state index < -0.39 is 5.97 Å². The maximum absolute atomic E-state index is 11.2. The molecule has 6 heteroatoms. The first-order chi connectivity index (χ1) is 19.5. The molecular weight excluding hydrogens is 500 g/mol. The van der Waals surface area contributed by atoms with Crippen molar-refractivity contribution in [2.24, 2.45) is 0 Å². The quantitative estimate of drug-likeness (QED) is 0.104. The van der Waals surface area contributed by atoms with Crippen molar-refractivity contribution in [3.05, 3.63) is 83.9 Å². The van der Waals surface area contributed by atoms with Gasteiger partial charge in [0.25, 0.3) is 0 Å². The number of anilines is 3. The second-order valence-corrected chi connectivity index (χ2v) is 9.71. The lowest BCUT2D eigenvalue weighted by atomic mass is 10.1. The molecule has 0 amide bonds. The summed E-state index contributed by atoms with van der Waals surface area (Å²) in [4.78, 5) is 13.4. The molecule has 210 valence electrons. The molecule has 0 unspecified atom stereocenters. The Labute approximate surface area is 238 Å². The molecule has 3 aromatic carbocycles. The number of benzene rings is 3. The van der Waals surface area contributed by atoms with Gasteiger partial charge in [0.05, 0.1) is 13.2 Å². The van der Waals surface area contributed by atoms with Crippen LogP contribution >= 0.6 is 0 Å². The third kappa shape index (κ3) is 9.50. The summed E-state index contributed by atoms with van der Waals surface area (Å²) < 4.78 is 11.9. The fraction of sp³-hybridized carbons (Fsp3) is 0.353. The van der Waals surface area contributed by atoms with Crippen molar-refractivity contribution in [1.29, 1.82) is 5.26 Å². The molecule has 0 aromatic heterocycles. The number of unbranched alkanes of at least 4 members (excludes halogenated alkanes) is 6. The van der Waals surface area contributed by atoms with Gasteiger partial charge in [-0.05, 0) is 85.1 Å². The minimum atomic E-state index is -1.24. The Morgan fingerprint density at radius 2 is 1.15 bits per heavy atom. The van der Waals surface area contributed by atoms with E-state index in [4.69, 9.17) is 14.7 Å². The van der Waals surface area contributed by atoms with Crippen LogP contribution in [-0.2, 0) is 4.79 Å². The standard InChI is InChI=1S/C34H40N2O4/c1-3-5-7-9-23-39-32-19-15-30(16-20-32)36(29-13-11-27(12-14-29)25-28(26-35)34(37)38)31-17-21-33(22-18-31)40-24-10-8-6-4-2/h11-22,25H,3-10,23-24H2,1-2H3,(H,37,38)/b28-25+. The van der Waals surface area contributed by atoms with E-state index in [0.717, 1.165) is 41.4 Å². The molecule has 1 N–H and O–H groups in total. The number of rotatable bonds is 17. The van der Waals surface area contributed by atoms with Crippen molar-refractivity contribution in [3.63, 3.8) is 0 Å². The number of aliphatic carboxylic acids is 1. The first kappa shape index (κ1) is 30.3. The van der Waals surface area contributed by atoms with Crippen molar-refractivity contribution < 1.29 is 19.4 Å². The van der Waals surface area contributed by atoms with E-state index in [1.165, 1.54) is 44.6 Å². The summed E-state index contributed by atoms with van der Waals surface area (Å²) in [6.07, 6.45) is 10.7. The molecule has 0 saturated carbocycles. The van der Waals surface area contributed by atoms with Gasteiger partial charge in [0.1, 0.15) is 23.1 Å². The van der Waals surface area contributed by atoms with Gasteiger partial charge in [-0.2, -0.15) is 5.26 Å². The fourth-order valence-electron chi connectivity index (χ4n) is 4.30. The Balaban J connectivity index is 1.82. The van der Waals surface area contributed by atoms with Gasteiger partial charge in [-0.3, -0.25) is 0 Å². The van der Waals surface area contributed by atoms with Crippen LogP contribution in [0.15, 0.2) is 78.4 Å². The van der Waals surface area contributed by atoms with Gasteiger partial charge in [-0.25, -0.2) is 4.79 Å². The van der Waals surface area contributed by atoms with Crippen molar-refractivity contribution in [2.75, 3.05) is 18.1 Å². The molecule has 6 nitrogen and oxygen atoms in total. The topological polar surface area (TPSA) is 82.8 Å². The predicted octanol–water partition coefficient (Wildman–Crippen LogP) is 9.07. The van der Waals surface area contributed by atoms with Crippen LogP contribution in [0.2, 0.25) is 0 Å². The number of nitrogens with zero attached hydrogens (tertiary/aromatic N) is 2. The van der Waals surface area contributed by atoms with Crippen molar-refractivity contribution in [1.82, 2.24) is 0 Å². The Hall–Kier alpha value is -4.24. The molecular formula is C34H40N2O4. The van der Waals surface area contributed by atoms with Crippen molar-refractivity contribution in [2.45, 2.75) is 65.2 Å². The summed E-state index contributed by atoms with van der Waals surface area (Å²) in [6, 6.07) is 25.3. The van der Waals surface area contributed by atoms with Crippen molar-refractivity contribution in [3.8, 4) is 17.6 Å². The summed E-state index contributed by atoms with van der Waals surface area (Å²) in [6.45, 7) is 5.81. The fourth-order valence-corrected chi connectivity index (χ4v) is 4.30. The zero-order valence-corrected chi connectivity index (χ0v) is 23.6. The minimum Gasteiger partial charge on any atom is -0.494 e. The normalized spacial score (nSPS) is 11.1. The minimum absolute atomic E-state index is 0.305. The number of carboxylic acids is 1. The van der Waals surface area contributed by atoms with Gasteiger partial charge in [0.15, 0.2) is 0 Å². The number of hydrogen-bond donors (Lipinski definition) is 1. The van der Waals surface area contributed by atoms with Crippen LogP contribution < -0.4 is 14.4 Å². The molecule has 0 spiro atoms. The van der Waals surface area contributed by atoms with E-state index in [1.54, 1.807) is 6.07 Å². The Morgan fingerprint density at radius 3 is 1.52 bits per heavy atom. The highest BCUT2D eigenvalue weighted by Gasteiger charge is 2.14. The molecule has 0 radical (unpaired) electrons. The molecule has 0 aliphatic carbocycles. The number of carboxylic acid groups (broad SMARTS) is 1. The largest absolute Gasteiger partial charge is 0.494 e. The van der Waals surface area contributed by atoms with Gasteiger partial charge in [0, 0.05) is 17.1 Å². The van der Waals surface area contributed by atoms with Gasteiger partial charge in [-0.15, -0.1) is 0 Å². The Kier molecular flexibility index (Phi) is 12.6. The number of ether oxygens (including phenoxy) is 2. The van der Waals surface area contributed by atoms with Crippen LogP contribution in [0.1, 0.15) is 70.8 Å². The number of nitriles is 1. The monoisotopic (exact) mass is 540 g/mol. The van der Waals surface area contributed by atoms with E-state index in [0.29, 0.717) is 18.8 Å². The third-order valence-electron chi connectivity index (χ3n) is 6.54. The summed E-state index contributed by atoms with van der Waals surface area (Å²) in [7, 11) is 0.